The lowest BCUT2D eigenvalue weighted by molar-refractivity contribution is -0.136. The average molecular weight is 227 g/mol. The number of hydrogen-bond donors (Lipinski definition) is 2. The Morgan fingerprint density at radius 1 is 1.44 bits per heavy atom. The van der Waals surface area contributed by atoms with Crippen molar-refractivity contribution in [1.29, 1.82) is 0 Å². The molecule has 0 radical (unpaired) electrons. The van der Waals surface area contributed by atoms with Crippen molar-refractivity contribution < 1.29 is 9.84 Å². The standard InChI is InChI=1S/C13H25NO2/c1-10(9-15)11(2)14-12-4-7-16-13(8-12)5-3-6-13/h10-12,14-15H,3-9H2,1-2H3. The Hall–Kier alpha value is -0.120. The summed E-state index contributed by atoms with van der Waals surface area (Å²) in [6, 6.07) is 0.975. The molecule has 3 unspecified atom stereocenters. The summed E-state index contributed by atoms with van der Waals surface area (Å²) in [4.78, 5) is 0. The first-order chi connectivity index (χ1) is 7.65. The van der Waals surface area contributed by atoms with Gasteiger partial charge in [-0.15, -0.1) is 0 Å². The van der Waals surface area contributed by atoms with Gasteiger partial charge in [-0.1, -0.05) is 6.92 Å². The van der Waals surface area contributed by atoms with Crippen LogP contribution in [0.25, 0.3) is 0 Å². The highest BCUT2D eigenvalue weighted by Crippen LogP contribution is 2.42. The van der Waals surface area contributed by atoms with Gasteiger partial charge < -0.3 is 15.2 Å². The van der Waals surface area contributed by atoms with Crippen LogP contribution in [0.4, 0.5) is 0 Å². The van der Waals surface area contributed by atoms with Gasteiger partial charge in [0, 0.05) is 25.3 Å². The van der Waals surface area contributed by atoms with E-state index in [1.165, 1.54) is 19.3 Å². The molecule has 1 saturated carbocycles. The van der Waals surface area contributed by atoms with Gasteiger partial charge in [-0.2, -0.15) is 0 Å². The third-order valence-corrected chi connectivity index (χ3v) is 4.40. The zero-order valence-corrected chi connectivity index (χ0v) is 10.5. The third-order valence-electron chi connectivity index (χ3n) is 4.40. The van der Waals surface area contributed by atoms with Crippen LogP contribution in [0.5, 0.6) is 0 Å². The molecule has 1 heterocycles. The Kier molecular flexibility index (Phi) is 3.88. The van der Waals surface area contributed by atoms with E-state index in [0.29, 0.717) is 18.0 Å². The van der Waals surface area contributed by atoms with E-state index in [0.717, 1.165) is 19.4 Å². The lowest BCUT2D eigenvalue weighted by Gasteiger charge is -2.48. The molecule has 1 saturated heterocycles. The minimum absolute atomic E-state index is 0.220. The normalized spacial score (nSPS) is 32.1. The maximum atomic E-state index is 9.13. The summed E-state index contributed by atoms with van der Waals surface area (Å²) in [5.41, 5.74) is 0.220. The van der Waals surface area contributed by atoms with Crippen LogP contribution in [0.3, 0.4) is 0 Å². The minimum atomic E-state index is 0.220. The van der Waals surface area contributed by atoms with Crippen LogP contribution in [0, 0.1) is 5.92 Å². The molecule has 3 atom stereocenters. The van der Waals surface area contributed by atoms with Crippen molar-refractivity contribution in [2.24, 2.45) is 5.92 Å². The fourth-order valence-electron chi connectivity index (χ4n) is 2.78. The van der Waals surface area contributed by atoms with Crippen LogP contribution in [-0.4, -0.2) is 36.0 Å². The largest absolute Gasteiger partial charge is 0.396 e. The van der Waals surface area contributed by atoms with Gasteiger partial charge in [0.2, 0.25) is 0 Å². The molecular weight excluding hydrogens is 202 g/mol. The van der Waals surface area contributed by atoms with Crippen LogP contribution in [0.2, 0.25) is 0 Å². The van der Waals surface area contributed by atoms with Crippen LogP contribution >= 0.6 is 0 Å². The topological polar surface area (TPSA) is 41.5 Å². The predicted molar refractivity (Wildman–Crippen MR) is 64.4 cm³/mol. The van der Waals surface area contributed by atoms with Gasteiger partial charge in [0.25, 0.3) is 0 Å². The highest BCUT2D eigenvalue weighted by Gasteiger charge is 2.42. The molecule has 2 N–H and O–H groups in total. The number of nitrogens with one attached hydrogen (secondary N) is 1. The second-order valence-corrected chi connectivity index (χ2v) is 5.69. The summed E-state index contributed by atoms with van der Waals surface area (Å²) in [6.07, 6.45) is 6.10. The van der Waals surface area contributed by atoms with Crippen molar-refractivity contribution in [3.63, 3.8) is 0 Å². The smallest absolute Gasteiger partial charge is 0.0697 e. The van der Waals surface area contributed by atoms with E-state index in [-0.39, 0.29) is 12.2 Å². The Balaban J connectivity index is 1.81. The summed E-state index contributed by atoms with van der Waals surface area (Å²) in [5, 5.41) is 12.8. The summed E-state index contributed by atoms with van der Waals surface area (Å²) in [6.45, 7) is 5.43. The van der Waals surface area contributed by atoms with Gasteiger partial charge in [0.05, 0.1) is 5.60 Å². The molecule has 1 aliphatic carbocycles. The molecule has 1 aliphatic heterocycles. The summed E-state index contributed by atoms with van der Waals surface area (Å²) >= 11 is 0. The van der Waals surface area contributed by atoms with Crippen molar-refractivity contribution in [2.75, 3.05) is 13.2 Å². The lowest BCUT2D eigenvalue weighted by Crippen LogP contribution is -2.53. The van der Waals surface area contributed by atoms with Crippen molar-refractivity contribution in [1.82, 2.24) is 5.32 Å². The van der Waals surface area contributed by atoms with Gasteiger partial charge in [-0.05, 0) is 44.9 Å². The summed E-state index contributed by atoms with van der Waals surface area (Å²) in [5.74, 6) is 0.334. The summed E-state index contributed by atoms with van der Waals surface area (Å²) in [7, 11) is 0. The van der Waals surface area contributed by atoms with Crippen LogP contribution < -0.4 is 5.32 Å². The fourth-order valence-corrected chi connectivity index (χ4v) is 2.78. The van der Waals surface area contributed by atoms with Crippen LogP contribution in [0.1, 0.15) is 46.0 Å². The van der Waals surface area contributed by atoms with E-state index in [2.05, 4.69) is 19.2 Å². The Bertz CT molecular complexity index is 228. The molecule has 2 fully saturated rings. The number of ether oxygens (including phenoxy) is 1. The lowest BCUT2D eigenvalue weighted by atomic mass is 9.73. The molecule has 16 heavy (non-hydrogen) atoms. The van der Waals surface area contributed by atoms with Gasteiger partial charge >= 0.3 is 0 Å². The zero-order valence-electron chi connectivity index (χ0n) is 10.5. The van der Waals surface area contributed by atoms with Crippen LogP contribution in [0.15, 0.2) is 0 Å². The molecule has 3 heteroatoms. The number of aliphatic hydroxyl groups is 1. The zero-order chi connectivity index (χ0) is 11.6. The maximum absolute atomic E-state index is 9.13. The third kappa shape index (κ3) is 2.58. The molecule has 0 aromatic carbocycles. The van der Waals surface area contributed by atoms with E-state index < -0.39 is 0 Å². The SMILES string of the molecule is CC(CO)C(C)NC1CCOC2(CCC2)C1. The fraction of sp³-hybridized carbons (Fsp3) is 1.00. The number of hydrogen-bond acceptors (Lipinski definition) is 3. The number of aliphatic hydroxyl groups excluding tert-OH is 1. The van der Waals surface area contributed by atoms with Gasteiger partial charge in [0.1, 0.15) is 0 Å². The molecule has 1 spiro atoms. The van der Waals surface area contributed by atoms with E-state index in [4.69, 9.17) is 9.84 Å². The predicted octanol–water partition coefficient (Wildman–Crippen LogP) is 1.69. The van der Waals surface area contributed by atoms with E-state index >= 15 is 0 Å². The van der Waals surface area contributed by atoms with Crippen molar-refractivity contribution in [2.45, 2.75) is 63.6 Å². The highest BCUT2D eigenvalue weighted by atomic mass is 16.5. The molecule has 0 aromatic rings. The van der Waals surface area contributed by atoms with E-state index in [1.807, 2.05) is 0 Å². The quantitative estimate of drug-likeness (QED) is 0.768. The van der Waals surface area contributed by atoms with Crippen molar-refractivity contribution in [3.8, 4) is 0 Å². The van der Waals surface area contributed by atoms with Gasteiger partial charge in [-0.3, -0.25) is 0 Å². The highest BCUT2D eigenvalue weighted by molar-refractivity contribution is 4.96. The molecule has 3 nitrogen and oxygen atoms in total. The van der Waals surface area contributed by atoms with Gasteiger partial charge in [-0.25, -0.2) is 0 Å². The van der Waals surface area contributed by atoms with E-state index in [9.17, 15) is 0 Å². The maximum Gasteiger partial charge on any atom is 0.0697 e. The first-order valence-electron chi connectivity index (χ1n) is 6.66. The molecule has 2 rings (SSSR count). The van der Waals surface area contributed by atoms with Gasteiger partial charge in [0.15, 0.2) is 0 Å². The number of rotatable bonds is 4. The summed E-state index contributed by atoms with van der Waals surface area (Å²) < 4.78 is 5.91. The molecule has 2 aliphatic rings. The van der Waals surface area contributed by atoms with Crippen molar-refractivity contribution in [3.05, 3.63) is 0 Å². The average Bonchev–Trinajstić information content (AvgIpc) is 2.26. The second-order valence-electron chi connectivity index (χ2n) is 5.69. The minimum Gasteiger partial charge on any atom is -0.396 e. The molecule has 0 amide bonds. The second kappa shape index (κ2) is 5.03. The molecule has 0 aromatic heterocycles. The Labute approximate surface area is 98.6 Å². The van der Waals surface area contributed by atoms with Crippen molar-refractivity contribution >= 4 is 0 Å². The first-order valence-corrected chi connectivity index (χ1v) is 6.66. The Morgan fingerprint density at radius 3 is 2.75 bits per heavy atom. The first kappa shape index (κ1) is 12.3. The molecular formula is C13H25NO2. The van der Waals surface area contributed by atoms with E-state index in [1.54, 1.807) is 0 Å². The molecule has 94 valence electrons. The van der Waals surface area contributed by atoms with Crippen LogP contribution in [-0.2, 0) is 4.74 Å². The molecule has 0 bridgehead atoms. The monoisotopic (exact) mass is 227 g/mol. The Morgan fingerprint density at radius 2 is 2.19 bits per heavy atom.